The average Bonchev–Trinajstić information content (AvgIpc) is 3.46. The Hall–Kier alpha value is -3.04. The number of carbonyl (C=O) groups is 1. The number of nitrogens with zero attached hydrogens (tertiary/aromatic N) is 4. The maximum Gasteiger partial charge on any atom is 0.255 e. The van der Waals surface area contributed by atoms with E-state index < -0.39 is 10.0 Å². The molecule has 0 bridgehead atoms. The highest BCUT2D eigenvalue weighted by Crippen LogP contribution is 2.25. The number of nitrogens with one attached hydrogen (secondary N) is 1. The Balaban J connectivity index is 1.31. The predicted molar refractivity (Wildman–Crippen MR) is 125 cm³/mol. The van der Waals surface area contributed by atoms with Gasteiger partial charge >= 0.3 is 0 Å². The second kappa shape index (κ2) is 9.07. The first kappa shape index (κ1) is 21.8. The van der Waals surface area contributed by atoms with Gasteiger partial charge in [-0.15, -0.1) is 10.2 Å². The number of aromatic nitrogens is 3. The summed E-state index contributed by atoms with van der Waals surface area (Å²) in [4.78, 5) is 13.0. The van der Waals surface area contributed by atoms with Crippen LogP contribution in [0.4, 0.5) is 5.69 Å². The third-order valence-electron chi connectivity index (χ3n) is 6.31. The van der Waals surface area contributed by atoms with Gasteiger partial charge in [0.25, 0.3) is 5.91 Å². The predicted octanol–water partition coefficient (Wildman–Crippen LogP) is 3.71. The van der Waals surface area contributed by atoms with Crippen molar-refractivity contribution in [1.82, 2.24) is 19.1 Å². The molecule has 0 aliphatic carbocycles. The topological polar surface area (TPSA) is 97.2 Å². The fraction of sp³-hybridized carbons (Fsp3) is 0.375. The summed E-state index contributed by atoms with van der Waals surface area (Å²) in [6, 6.07) is 13.7. The molecular weight excluding hydrogens is 438 g/mol. The summed E-state index contributed by atoms with van der Waals surface area (Å²) in [5.41, 5.74) is 1.89. The number of benzene rings is 2. The first-order valence-corrected chi connectivity index (χ1v) is 12.9. The number of carbonyl (C=O) groups excluding carboxylic acids is 1. The standard InChI is InChI=1S/C24H27N5O3S/c30-24(19-7-6-8-21(17-19)33(31,32)28-14-4-5-15-28)25-20-12-10-18(11-13-20)23-27-26-22-9-2-1-3-16-29(22)23/h6-8,10-13,17H,1-5,9,14-16H2,(H,25,30). The first-order valence-electron chi connectivity index (χ1n) is 11.5. The summed E-state index contributed by atoms with van der Waals surface area (Å²) in [6.45, 7) is 1.98. The van der Waals surface area contributed by atoms with Crippen LogP contribution in [0.2, 0.25) is 0 Å². The lowest BCUT2D eigenvalue weighted by Crippen LogP contribution is -2.28. The van der Waals surface area contributed by atoms with Crippen LogP contribution in [0.25, 0.3) is 11.4 Å². The minimum absolute atomic E-state index is 0.153. The molecule has 9 heteroatoms. The Labute approximate surface area is 193 Å². The Kier molecular flexibility index (Phi) is 5.99. The summed E-state index contributed by atoms with van der Waals surface area (Å²) in [5, 5.41) is 11.6. The van der Waals surface area contributed by atoms with Crippen molar-refractivity contribution in [2.75, 3.05) is 18.4 Å². The Morgan fingerprint density at radius 1 is 0.879 bits per heavy atom. The Morgan fingerprint density at radius 2 is 1.64 bits per heavy atom. The van der Waals surface area contributed by atoms with E-state index >= 15 is 0 Å². The highest BCUT2D eigenvalue weighted by molar-refractivity contribution is 7.89. The highest BCUT2D eigenvalue weighted by atomic mass is 32.2. The van der Waals surface area contributed by atoms with Crippen molar-refractivity contribution in [3.8, 4) is 11.4 Å². The fourth-order valence-electron chi connectivity index (χ4n) is 4.48. The minimum atomic E-state index is -3.57. The summed E-state index contributed by atoms with van der Waals surface area (Å²) < 4.78 is 29.3. The van der Waals surface area contributed by atoms with Gasteiger partial charge in [0.1, 0.15) is 5.82 Å². The van der Waals surface area contributed by atoms with E-state index in [9.17, 15) is 13.2 Å². The second-order valence-electron chi connectivity index (χ2n) is 8.57. The van der Waals surface area contributed by atoms with Crippen LogP contribution in [0.3, 0.4) is 0 Å². The van der Waals surface area contributed by atoms with Crippen molar-refractivity contribution < 1.29 is 13.2 Å². The molecule has 1 N–H and O–H groups in total. The maximum absolute atomic E-state index is 12.8. The van der Waals surface area contributed by atoms with E-state index in [1.54, 1.807) is 18.2 Å². The SMILES string of the molecule is O=C(Nc1ccc(-c2nnc3n2CCCCC3)cc1)c1cccc(S(=O)(=O)N2CCCC2)c1. The lowest BCUT2D eigenvalue weighted by Gasteiger charge is -2.16. The van der Waals surface area contributed by atoms with Gasteiger partial charge in [0.05, 0.1) is 4.90 Å². The van der Waals surface area contributed by atoms with E-state index in [0.717, 1.165) is 55.9 Å². The molecule has 1 fully saturated rings. The van der Waals surface area contributed by atoms with Gasteiger partial charge < -0.3 is 9.88 Å². The molecule has 8 nitrogen and oxygen atoms in total. The zero-order valence-corrected chi connectivity index (χ0v) is 19.2. The van der Waals surface area contributed by atoms with Crippen molar-refractivity contribution in [2.45, 2.75) is 50.0 Å². The van der Waals surface area contributed by atoms with Crippen LogP contribution in [0.15, 0.2) is 53.4 Å². The Bertz CT molecular complexity index is 1260. The van der Waals surface area contributed by atoms with Crippen LogP contribution in [0, 0.1) is 0 Å². The van der Waals surface area contributed by atoms with Gasteiger partial charge in [-0.25, -0.2) is 8.42 Å². The molecule has 0 saturated carbocycles. The van der Waals surface area contributed by atoms with Gasteiger partial charge in [0.15, 0.2) is 5.82 Å². The van der Waals surface area contributed by atoms with E-state index in [0.29, 0.717) is 24.3 Å². The zero-order chi connectivity index (χ0) is 22.8. The lowest BCUT2D eigenvalue weighted by atomic mass is 10.1. The average molecular weight is 466 g/mol. The van der Waals surface area contributed by atoms with Crippen molar-refractivity contribution >= 4 is 21.6 Å². The van der Waals surface area contributed by atoms with Crippen LogP contribution in [0.1, 0.15) is 48.3 Å². The summed E-state index contributed by atoms with van der Waals surface area (Å²) in [7, 11) is -3.57. The van der Waals surface area contributed by atoms with Crippen molar-refractivity contribution in [1.29, 1.82) is 0 Å². The molecule has 5 rings (SSSR count). The quantitative estimate of drug-likeness (QED) is 0.620. The number of amides is 1. The molecule has 0 atom stereocenters. The van der Waals surface area contributed by atoms with Gasteiger partial charge in [-0.1, -0.05) is 12.5 Å². The molecule has 3 heterocycles. The minimum Gasteiger partial charge on any atom is -0.322 e. The van der Waals surface area contributed by atoms with E-state index in [1.165, 1.54) is 16.8 Å². The first-order chi connectivity index (χ1) is 16.0. The molecule has 2 aromatic carbocycles. The second-order valence-corrected chi connectivity index (χ2v) is 10.5. The van der Waals surface area contributed by atoms with Crippen molar-refractivity contribution in [3.05, 3.63) is 59.9 Å². The number of hydrogen-bond donors (Lipinski definition) is 1. The van der Waals surface area contributed by atoms with Crippen LogP contribution >= 0.6 is 0 Å². The van der Waals surface area contributed by atoms with Crippen LogP contribution in [-0.4, -0.2) is 46.5 Å². The molecule has 0 radical (unpaired) electrons. The number of hydrogen-bond acceptors (Lipinski definition) is 5. The van der Waals surface area contributed by atoms with E-state index in [-0.39, 0.29) is 10.8 Å². The largest absolute Gasteiger partial charge is 0.322 e. The third-order valence-corrected chi connectivity index (χ3v) is 8.20. The van der Waals surface area contributed by atoms with Crippen LogP contribution in [0.5, 0.6) is 0 Å². The third kappa shape index (κ3) is 4.43. The molecule has 0 unspecified atom stereocenters. The van der Waals surface area contributed by atoms with Gasteiger partial charge in [0.2, 0.25) is 10.0 Å². The molecule has 2 aliphatic heterocycles. The molecule has 33 heavy (non-hydrogen) atoms. The number of anilines is 1. The maximum atomic E-state index is 12.8. The number of fused-ring (bicyclic) bond motifs is 1. The lowest BCUT2D eigenvalue weighted by molar-refractivity contribution is 0.102. The smallest absolute Gasteiger partial charge is 0.255 e. The molecule has 0 spiro atoms. The van der Waals surface area contributed by atoms with Crippen LogP contribution < -0.4 is 5.32 Å². The monoisotopic (exact) mass is 465 g/mol. The fourth-order valence-corrected chi connectivity index (χ4v) is 6.04. The number of rotatable bonds is 5. The van der Waals surface area contributed by atoms with Crippen molar-refractivity contribution in [3.63, 3.8) is 0 Å². The zero-order valence-electron chi connectivity index (χ0n) is 18.4. The molecular formula is C24H27N5O3S. The molecule has 1 saturated heterocycles. The highest BCUT2D eigenvalue weighted by Gasteiger charge is 2.27. The van der Waals surface area contributed by atoms with Crippen molar-refractivity contribution in [2.24, 2.45) is 0 Å². The van der Waals surface area contributed by atoms with E-state index in [1.807, 2.05) is 24.3 Å². The van der Waals surface area contributed by atoms with Gasteiger partial charge in [-0.3, -0.25) is 4.79 Å². The molecule has 172 valence electrons. The van der Waals surface area contributed by atoms with E-state index in [2.05, 4.69) is 20.1 Å². The van der Waals surface area contributed by atoms with Gasteiger partial charge in [0, 0.05) is 42.9 Å². The van der Waals surface area contributed by atoms with E-state index in [4.69, 9.17) is 0 Å². The molecule has 1 amide bonds. The van der Waals surface area contributed by atoms with Gasteiger partial charge in [-0.05, 0) is 68.1 Å². The summed E-state index contributed by atoms with van der Waals surface area (Å²) in [6.07, 6.45) is 6.16. The number of sulfonamides is 1. The molecule has 1 aromatic heterocycles. The normalized spacial score (nSPS) is 16.8. The summed E-state index contributed by atoms with van der Waals surface area (Å²) in [5.74, 6) is 1.53. The van der Waals surface area contributed by atoms with Gasteiger partial charge in [-0.2, -0.15) is 4.31 Å². The summed E-state index contributed by atoms with van der Waals surface area (Å²) >= 11 is 0. The molecule has 3 aromatic rings. The molecule has 2 aliphatic rings. The number of aryl methyl sites for hydroxylation is 1. The Morgan fingerprint density at radius 3 is 2.42 bits per heavy atom. The van der Waals surface area contributed by atoms with Crippen LogP contribution in [-0.2, 0) is 23.0 Å².